The Morgan fingerprint density at radius 2 is 1.96 bits per heavy atom. The number of carbonyl (C=O) groups excluding carboxylic acids is 1. The van der Waals surface area contributed by atoms with Crippen LogP contribution in [-0.2, 0) is 11.2 Å². The molecule has 0 fully saturated rings. The topological polar surface area (TPSA) is 77.3 Å². The maximum absolute atomic E-state index is 12.5. The Kier molecular flexibility index (Phi) is 4.62. The second-order valence-corrected chi connectivity index (χ2v) is 7.02. The molecular weight excluding hydrogens is 350 g/mol. The number of carbonyl (C=O) groups is 1. The summed E-state index contributed by atoms with van der Waals surface area (Å²) in [5.74, 6) is 0.995. The predicted molar refractivity (Wildman–Crippen MR) is 99.3 cm³/mol. The Morgan fingerprint density at radius 1 is 1.15 bits per heavy atom. The first-order valence-electron chi connectivity index (χ1n) is 8.27. The number of amides is 1. The fourth-order valence-electron chi connectivity index (χ4n) is 2.91. The van der Waals surface area contributed by atoms with Crippen LogP contribution in [0.3, 0.4) is 0 Å². The monoisotopic (exact) mass is 367 g/mol. The van der Waals surface area contributed by atoms with E-state index in [0.717, 1.165) is 23.2 Å². The molecule has 1 atom stereocenters. The number of aromatic nitrogens is 2. The molecular formula is C19H17N3O3S. The van der Waals surface area contributed by atoms with Crippen LogP contribution in [0.5, 0.6) is 5.75 Å². The Bertz CT molecular complexity index is 941. The number of rotatable bonds is 4. The molecule has 0 bridgehead atoms. The minimum Gasteiger partial charge on any atom is -0.496 e. The number of para-hydroxylation sites is 2. The summed E-state index contributed by atoms with van der Waals surface area (Å²) in [5.41, 5.74) is 2.75. The fraction of sp³-hybridized carbons (Fsp3) is 0.211. The van der Waals surface area contributed by atoms with Crippen LogP contribution in [0.1, 0.15) is 12.0 Å². The molecule has 1 aromatic heterocycles. The van der Waals surface area contributed by atoms with E-state index >= 15 is 0 Å². The van der Waals surface area contributed by atoms with Gasteiger partial charge in [-0.1, -0.05) is 42.1 Å². The number of benzene rings is 2. The van der Waals surface area contributed by atoms with Crippen LogP contribution in [0, 0.1) is 0 Å². The van der Waals surface area contributed by atoms with Gasteiger partial charge in [-0.25, -0.2) is 0 Å². The van der Waals surface area contributed by atoms with Crippen molar-refractivity contribution in [3.05, 3.63) is 54.1 Å². The summed E-state index contributed by atoms with van der Waals surface area (Å²) in [5, 5.41) is 11.3. The van der Waals surface area contributed by atoms with Gasteiger partial charge in [0.2, 0.25) is 5.91 Å². The van der Waals surface area contributed by atoms with Gasteiger partial charge in [0.05, 0.1) is 17.9 Å². The summed E-state index contributed by atoms with van der Waals surface area (Å²) >= 11 is 1.29. The van der Waals surface area contributed by atoms with Crippen LogP contribution in [0.4, 0.5) is 5.69 Å². The third-order valence-corrected chi connectivity index (χ3v) is 5.33. The van der Waals surface area contributed by atoms with E-state index in [4.69, 9.17) is 9.15 Å². The van der Waals surface area contributed by atoms with Crippen LogP contribution in [0.15, 0.2) is 58.2 Å². The van der Waals surface area contributed by atoms with Crippen molar-refractivity contribution in [3.8, 4) is 17.2 Å². The van der Waals surface area contributed by atoms with Gasteiger partial charge in [0.25, 0.3) is 11.1 Å². The molecule has 2 aromatic carbocycles. The number of nitrogens with zero attached hydrogens (tertiary/aromatic N) is 2. The zero-order chi connectivity index (χ0) is 17.9. The second kappa shape index (κ2) is 7.21. The van der Waals surface area contributed by atoms with E-state index < -0.39 is 0 Å². The maximum Gasteiger partial charge on any atom is 0.277 e. The highest BCUT2D eigenvalue weighted by Gasteiger charge is 2.27. The molecule has 1 N–H and O–H groups in total. The van der Waals surface area contributed by atoms with Crippen molar-refractivity contribution in [2.24, 2.45) is 0 Å². The molecule has 1 amide bonds. The SMILES string of the molecule is COc1ccccc1-c1nnc(S[C@@H]2CCc3ccccc3NC2=O)o1. The van der Waals surface area contributed by atoms with Crippen molar-refractivity contribution in [2.75, 3.05) is 12.4 Å². The summed E-state index contributed by atoms with van der Waals surface area (Å²) < 4.78 is 11.1. The molecule has 6 nitrogen and oxygen atoms in total. The summed E-state index contributed by atoms with van der Waals surface area (Å²) in [4.78, 5) is 12.5. The van der Waals surface area contributed by atoms with Gasteiger partial charge >= 0.3 is 0 Å². The van der Waals surface area contributed by atoms with Gasteiger partial charge in [-0.05, 0) is 36.6 Å². The minimum absolute atomic E-state index is 0.0445. The molecule has 26 heavy (non-hydrogen) atoms. The number of hydrogen-bond acceptors (Lipinski definition) is 6. The van der Waals surface area contributed by atoms with Crippen molar-refractivity contribution in [1.82, 2.24) is 10.2 Å². The van der Waals surface area contributed by atoms with Gasteiger partial charge in [0, 0.05) is 5.69 Å². The molecule has 132 valence electrons. The van der Waals surface area contributed by atoms with Crippen LogP contribution in [0.2, 0.25) is 0 Å². The van der Waals surface area contributed by atoms with Crippen LogP contribution < -0.4 is 10.1 Å². The van der Waals surface area contributed by atoms with Gasteiger partial charge in [0.1, 0.15) is 5.75 Å². The molecule has 0 spiro atoms. The number of fused-ring (bicyclic) bond motifs is 1. The highest BCUT2D eigenvalue weighted by molar-refractivity contribution is 8.00. The third-order valence-electron chi connectivity index (χ3n) is 4.23. The van der Waals surface area contributed by atoms with Crippen molar-refractivity contribution in [1.29, 1.82) is 0 Å². The standard InChI is InChI=1S/C19H17N3O3S/c1-24-15-9-5-3-7-13(15)18-21-22-19(25-18)26-16-11-10-12-6-2-4-8-14(12)20-17(16)23/h2-9,16H,10-11H2,1H3,(H,20,23)/t16-/m1/s1. The maximum atomic E-state index is 12.5. The average molecular weight is 367 g/mol. The molecule has 0 radical (unpaired) electrons. The van der Waals surface area contributed by atoms with Crippen molar-refractivity contribution >= 4 is 23.4 Å². The molecule has 1 aliphatic rings. The first-order chi connectivity index (χ1) is 12.7. The normalized spacial score (nSPS) is 16.5. The predicted octanol–water partition coefficient (Wildman–Crippen LogP) is 3.79. The second-order valence-electron chi connectivity index (χ2n) is 5.86. The first kappa shape index (κ1) is 16.7. The fourth-order valence-corrected chi connectivity index (χ4v) is 3.77. The number of hydrogen-bond donors (Lipinski definition) is 1. The Hall–Kier alpha value is -2.80. The lowest BCUT2D eigenvalue weighted by atomic mass is 10.1. The van der Waals surface area contributed by atoms with Gasteiger partial charge in [0.15, 0.2) is 0 Å². The summed E-state index contributed by atoms with van der Waals surface area (Å²) in [7, 11) is 1.60. The number of thioether (sulfide) groups is 1. The van der Waals surface area contributed by atoms with E-state index in [0.29, 0.717) is 23.3 Å². The summed E-state index contributed by atoms with van der Waals surface area (Å²) in [6.07, 6.45) is 1.53. The Labute approximate surface area is 155 Å². The number of anilines is 1. The zero-order valence-corrected chi connectivity index (χ0v) is 15.0. The van der Waals surface area contributed by atoms with E-state index in [1.807, 2.05) is 48.5 Å². The summed E-state index contributed by atoms with van der Waals surface area (Å²) in [6, 6.07) is 15.3. The lowest BCUT2D eigenvalue weighted by Crippen LogP contribution is -2.23. The molecule has 3 aromatic rings. The van der Waals surface area contributed by atoms with E-state index in [1.165, 1.54) is 11.8 Å². The molecule has 0 unspecified atom stereocenters. The minimum atomic E-state index is -0.284. The third kappa shape index (κ3) is 3.30. The Morgan fingerprint density at radius 3 is 2.85 bits per heavy atom. The largest absolute Gasteiger partial charge is 0.496 e. The van der Waals surface area contributed by atoms with Gasteiger partial charge in [-0.2, -0.15) is 0 Å². The van der Waals surface area contributed by atoms with Crippen LogP contribution in [-0.4, -0.2) is 28.5 Å². The highest BCUT2D eigenvalue weighted by atomic mass is 32.2. The average Bonchev–Trinajstić information content (AvgIpc) is 3.08. The lowest BCUT2D eigenvalue weighted by molar-refractivity contribution is -0.115. The molecule has 0 aliphatic carbocycles. The van der Waals surface area contributed by atoms with E-state index in [-0.39, 0.29) is 11.2 Å². The van der Waals surface area contributed by atoms with E-state index in [9.17, 15) is 4.79 Å². The molecule has 0 saturated heterocycles. The van der Waals surface area contributed by atoms with Crippen molar-refractivity contribution in [2.45, 2.75) is 23.3 Å². The van der Waals surface area contributed by atoms with Crippen LogP contribution in [0.25, 0.3) is 11.5 Å². The van der Waals surface area contributed by atoms with Crippen LogP contribution >= 0.6 is 11.8 Å². The molecule has 1 aliphatic heterocycles. The van der Waals surface area contributed by atoms with Gasteiger partial charge < -0.3 is 14.5 Å². The van der Waals surface area contributed by atoms with Crippen molar-refractivity contribution < 1.29 is 13.9 Å². The highest BCUT2D eigenvalue weighted by Crippen LogP contribution is 2.34. The van der Waals surface area contributed by atoms with E-state index in [2.05, 4.69) is 15.5 Å². The number of nitrogens with one attached hydrogen (secondary N) is 1. The molecule has 2 heterocycles. The number of ether oxygens (including phenoxy) is 1. The molecule has 7 heteroatoms. The smallest absolute Gasteiger partial charge is 0.277 e. The molecule has 4 rings (SSSR count). The van der Waals surface area contributed by atoms with E-state index in [1.54, 1.807) is 7.11 Å². The first-order valence-corrected chi connectivity index (χ1v) is 9.15. The van der Waals surface area contributed by atoms with Gasteiger partial charge in [-0.15, -0.1) is 10.2 Å². The number of methoxy groups -OCH3 is 1. The lowest BCUT2D eigenvalue weighted by Gasteiger charge is -2.09. The quantitative estimate of drug-likeness (QED) is 0.756. The Balaban J connectivity index is 1.52. The summed E-state index contributed by atoms with van der Waals surface area (Å²) in [6.45, 7) is 0. The zero-order valence-electron chi connectivity index (χ0n) is 14.1. The van der Waals surface area contributed by atoms with Gasteiger partial charge in [-0.3, -0.25) is 4.79 Å². The van der Waals surface area contributed by atoms with Crippen molar-refractivity contribution in [3.63, 3.8) is 0 Å². The number of aryl methyl sites for hydroxylation is 1. The molecule has 0 saturated carbocycles.